The van der Waals surface area contributed by atoms with Gasteiger partial charge in [0.1, 0.15) is 10.7 Å². The first-order valence-electron chi connectivity index (χ1n) is 11.5. The number of aromatic nitrogens is 1. The fraction of sp³-hybridized carbons (Fsp3) is 0.520. The lowest BCUT2D eigenvalue weighted by molar-refractivity contribution is -0.147. The summed E-state index contributed by atoms with van der Waals surface area (Å²) in [6.07, 6.45) is 0.780. The molecule has 0 aliphatic carbocycles. The molecule has 0 bridgehead atoms. The number of nitrogens with one attached hydrogen (secondary N) is 2. The van der Waals surface area contributed by atoms with E-state index in [4.69, 9.17) is 4.74 Å². The van der Waals surface area contributed by atoms with Gasteiger partial charge in [-0.2, -0.15) is 0 Å². The maximum atomic E-state index is 13.0. The number of rotatable bonds is 13. The van der Waals surface area contributed by atoms with Gasteiger partial charge < -0.3 is 20.5 Å². The molecule has 0 saturated carbocycles. The zero-order valence-corrected chi connectivity index (χ0v) is 21.2. The first-order chi connectivity index (χ1) is 16.1. The number of thiazole rings is 1. The summed E-state index contributed by atoms with van der Waals surface area (Å²) in [5.74, 6) is -1.98. The summed E-state index contributed by atoms with van der Waals surface area (Å²) in [5, 5.41) is 17.7. The zero-order chi connectivity index (χ0) is 25.3. The van der Waals surface area contributed by atoms with Crippen LogP contribution in [0, 0.1) is 11.8 Å². The number of amides is 1. The predicted octanol–water partition coefficient (Wildman–Crippen LogP) is 3.83. The minimum Gasteiger partial charge on any atom is -0.481 e. The van der Waals surface area contributed by atoms with Crippen LogP contribution in [0.15, 0.2) is 35.7 Å². The molecule has 8 nitrogen and oxygen atoms in total. The molecule has 0 unspecified atom stereocenters. The van der Waals surface area contributed by atoms with Gasteiger partial charge in [-0.25, -0.2) is 4.98 Å². The number of carboxylic acid groups (broad SMARTS) is 1. The van der Waals surface area contributed by atoms with Crippen molar-refractivity contribution in [2.24, 2.45) is 11.8 Å². The minimum atomic E-state index is -0.906. The first kappa shape index (κ1) is 27.5. The van der Waals surface area contributed by atoms with E-state index in [9.17, 15) is 19.5 Å². The van der Waals surface area contributed by atoms with Gasteiger partial charge in [-0.1, -0.05) is 51.1 Å². The second-order valence-corrected chi connectivity index (χ2v) is 9.77. The molecule has 34 heavy (non-hydrogen) atoms. The summed E-state index contributed by atoms with van der Waals surface area (Å²) >= 11 is 1.27. The molecule has 0 aliphatic rings. The van der Waals surface area contributed by atoms with E-state index >= 15 is 0 Å². The van der Waals surface area contributed by atoms with Crippen molar-refractivity contribution in [3.8, 4) is 0 Å². The Bertz CT molecular complexity index is 947. The molecule has 3 N–H and O–H groups in total. The third kappa shape index (κ3) is 8.53. The van der Waals surface area contributed by atoms with Crippen LogP contribution < -0.4 is 10.6 Å². The summed E-state index contributed by atoms with van der Waals surface area (Å²) < 4.78 is 5.52. The van der Waals surface area contributed by atoms with Crippen LogP contribution in [0.5, 0.6) is 0 Å². The van der Waals surface area contributed by atoms with E-state index in [-0.39, 0.29) is 23.7 Å². The minimum absolute atomic E-state index is 0.110. The van der Waals surface area contributed by atoms with Crippen molar-refractivity contribution in [3.63, 3.8) is 0 Å². The second kappa shape index (κ2) is 13.2. The van der Waals surface area contributed by atoms with Crippen molar-refractivity contribution in [1.29, 1.82) is 0 Å². The topological polar surface area (TPSA) is 118 Å². The van der Waals surface area contributed by atoms with Gasteiger partial charge in [-0.3, -0.25) is 14.4 Å². The van der Waals surface area contributed by atoms with Crippen LogP contribution in [-0.2, 0) is 20.7 Å². The molecule has 0 spiro atoms. The monoisotopic (exact) mass is 489 g/mol. The highest BCUT2D eigenvalue weighted by Gasteiger charge is 2.27. The average Bonchev–Trinajstić information content (AvgIpc) is 3.27. The number of hydrogen-bond donors (Lipinski definition) is 3. The molecule has 2 aromatic rings. The van der Waals surface area contributed by atoms with Crippen LogP contribution in [0.25, 0.3) is 0 Å². The number of benzene rings is 1. The molecule has 9 heteroatoms. The summed E-state index contributed by atoms with van der Waals surface area (Å²) in [5.41, 5.74) is 1.23. The standard InChI is InChI=1S/C25H35N3O5S/c1-15(2)20(26-5)13-22(33-17(4)29)24-28-21(14-34-24)23(30)27-19(11-16(3)25(31)32)12-18-9-7-6-8-10-18/h6-10,14-16,19-20,22,26H,11-13H2,1-5H3,(H,27,30)(H,31,32)/t16-,19+,20+,22+/m0/s1. The Balaban J connectivity index is 2.18. The van der Waals surface area contributed by atoms with Crippen LogP contribution in [0.4, 0.5) is 0 Å². The number of nitrogens with zero attached hydrogens (tertiary/aromatic N) is 1. The largest absolute Gasteiger partial charge is 0.481 e. The first-order valence-corrected chi connectivity index (χ1v) is 12.4. The van der Waals surface area contributed by atoms with E-state index in [1.54, 1.807) is 12.3 Å². The molecule has 0 saturated heterocycles. The van der Waals surface area contributed by atoms with E-state index in [1.165, 1.54) is 18.3 Å². The molecule has 186 valence electrons. The Labute approximate surface area is 205 Å². The van der Waals surface area contributed by atoms with Gasteiger partial charge in [0, 0.05) is 30.8 Å². The lowest BCUT2D eigenvalue weighted by Gasteiger charge is -2.24. The van der Waals surface area contributed by atoms with Crippen molar-refractivity contribution >= 4 is 29.2 Å². The average molecular weight is 490 g/mol. The van der Waals surface area contributed by atoms with Gasteiger partial charge in [0.05, 0.1) is 5.92 Å². The van der Waals surface area contributed by atoms with E-state index < -0.39 is 24.0 Å². The third-order valence-corrected chi connectivity index (χ3v) is 6.64. The fourth-order valence-electron chi connectivity index (χ4n) is 3.77. The van der Waals surface area contributed by atoms with Crippen LogP contribution in [0.2, 0.25) is 0 Å². The van der Waals surface area contributed by atoms with Crippen LogP contribution in [-0.4, -0.2) is 47.1 Å². The van der Waals surface area contributed by atoms with Gasteiger partial charge >= 0.3 is 11.9 Å². The van der Waals surface area contributed by atoms with E-state index in [2.05, 4.69) is 29.5 Å². The predicted molar refractivity (Wildman–Crippen MR) is 132 cm³/mol. The molecule has 0 radical (unpaired) electrons. The Morgan fingerprint density at radius 3 is 2.35 bits per heavy atom. The summed E-state index contributed by atoms with van der Waals surface area (Å²) in [7, 11) is 1.86. The van der Waals surface area contributed by atoms with Crippen LogP contribution in [0.1, 0.15) is 67.7 Å². The van der Waals surface area contributed by atoms with Crippen molar-refractivity contribution in [1.82, 2.24) is 15.6 Å². The molecule has 1 aromatic carbocycles. The number of carbonyl (C=O) groups excluding carboxylic acids is 2. The van der Waals surface area contributed by atoms with Crippen molar-refractivity contribution < 1.29 is 24.2 Å². The van der Waals surface area contributed by atoms with Gasteiger partial charge in [-0.05, 0) is 31.4 Å². The SMILES string of the molecule is CN[C@H](C[C@@H](OC(C)=O)c1nc(C(=O)N[C@@H](Cc2ccccc2)C[C@H](C)C(=O)O)cs1)C(C)C. The normalized spacial score (nSPS) is 14.8. The van der Waals surface area contributed by atoms with Crippen LogP contribution >= 0.6 is 11.3 Å². The third-order valence-electron chi connectivity index (χ3n) is 5.70. The number of ether oxygens (including phenoxy) is 1. The van der Waals surface area contributed by atoms with E-state index in [1.807, 2.05) is 37.4 Å². The molecule has 0 aliphatic heterocycles. The highest BCUT2D eigenvalue weighted by molar-refractivity contribution is 7.09. The van der Waals surface area contributed by atoms with E-state index in [0.717, 1.165) is 5.56 Å². The van der Waals surface area contributed by atoms with Gasteiger partial charge in [0.15, 0.2) is 6.10 Å². The summed E-state index contributed by atoms with van der Waals surface area (Å²) in [4.78, 5) is 40.6. The Kier molecular flexibility index (Phi) is 10.7. The number of hydrogen-bond acceptors (Lipinski definition) is 7. The Morgan fingerprint density at radius 2 is 1.79 bits per heavy atom. The quantitative estimate of drug-likeness (QED) is 0.366. The zero-order valence-electron chi connectivity index (χ0n) is 20.4. The van der Waals surface area contributed by atoms with Gasteiger partial charge in [0.25, 0.3) is 5.91 Å². The Hall–Kier alpha value is -2.78. The molecular weight excluding hydrogens is 454 g/mol. The van der Waals surface area contributed by atoms with Crippen LogP contribution in [0.3, 0.4) is 0 Å². The maximum absolute atomic E-state index is 13.0. The lowest BCUT2D eigenvalue weighted by Crippen LogP contribution is -2.38. The maximum Gasteiger partial charge on any atom is 0.306 e. The Morgan fingerprint density at radius 1 is 1.12 bits per heavy atom. The molecule has 2 rings (SSSR count). The van der Waals surface area contributed by atoms with Crippen molar-refractivity contribution in [2.45, 2.75) is 65.1 Å². The van der Waals surface area contributed by atoms with E-state index in [0.29, 0.717) is 30.2 Å². The van der Waals surface area contributed by atoms with Gasteiger partial charge in [-0.15, -0.1) is 11.3 Å². The summed E-state index contributed by atoms with van der Waals surface area (Å²) in [6, 6.07) is 9.36. The molecule has 4 atom stereocenters. The summed E-state index contributed by atoms with van der Waals surface area (Å²) in [6.45, 7) is 7.15. The molecule has 1 aromatic heterocycles. The smallest absolute Gasteiger partial charge is 0.306 e. The molecule has 0 fully saturated rings. The highest BCUT2D eigenvalue weighted by atomic mass is 32.1. The van der Waals surface area contributed by atoms with Gasteiger partial charge in [0.2, 0.25) is 0 Å². The number of carbonyl (C=O) groups is 3. The molecule has 1 heterocycles. The highest BCUT2D eigenvalue weighted by Crippen LogP contribution is 2.28. The van der Waals surface area contributed by atoms with Crippen molar-refractivity contribution in [3.05, 3.63) is 52.0 Å². The number of carboxylic acids is 1. The number of esters is 1. The van der Waals surface area contributed by atoms with Crippen molar-refractivity contribution in [2.75, 3.05) is 7.05 Å². The molecular formula is C25H35N3O5S. The molecule has 1 amide bonds. The fourth-order valence-corrected chi connectivity index (χ4v) is 4.61. The second-order valence-electron chi connectivity index (χ2n) is 8.88. The lowest BCUT2D eigenvalue weighted by atomic mass is 9.96. The number of aliphatic carboxylic acids is 1.